The summed E-state index contributed by atoms with van der Waals surface area (Å²) in [7, 11) is -2.83. The highest BCUT2D eigenvalue weighted by Gasteiger charge is 2.40. The summed E-state index contributed by atoms with van der Waals surface area (Å²) in [5.74, 6) is 0. The highest BCUT2D eigenvalue weighted by Crippen LogP contribution is 2.57. The first kappa shape index (κ1) is 29.9. The van der Waals surface area contributed by atoms with Gasteiger partial charge in [-0.3, -0.25) is 0 Å². The molecule has 0 saturated carbocycles. The fraction of sp³-hybridized carbons (Fsp3) is 0.200. The molecule has 2 fully saturated rings. The van der Waals surface area contributed by atoms with E-state index < -0.39 is 16.8 Å². The van der Waals surface area contributed by atoms with Crippen LogP contribution < -0.4 is 10.6 Å². The van der Waals surface area contributed by atoms with Crippen molar-refractivity contribution in [1.29, 1.82) is 0 Å². The van der Waals surface area contributed by atoms with Crippen molar-refractivity contribution in [3.05, 3.63) is 121 Å². The van der Waals surface area contributed by atoms with Crippen LogP contribution in [0.5, 0.6) is 0 Å². The van der Waals surface area contributed by atoms with Crippen molar-refractivity contribution in [3.63, 3.8) is 0 Å². The Balaban J connectivity index is 1.57. The summed E-state index contributed by atoms with van der Waals surface area (Å²) in [5, 5.41) is 6.85. The monoisotopic (exact) mass is 642 g/mol. The van der Waals surface area contributed by atoms with Crippen LogP contribution in [0.1, 0.15) is 27.7 Å². The van der Waals surface area contributed by atoms with Gasteiger partial charge in [0.2, 0.25) is 16.8 Å². The van der Waals surface area contributed by atoms with Crippen molar-refractivity contribution in [1.82, 2.24) is 0 Å². The van der Waals surface area contributed by atoms with E-state index in [1.54, 1.807) is 0 Å². The molecule has 46 heavy (non-hydrogen) atoms. The smallest absolute Gasteiger partial charge is 0.207 e. The maximum Gasteiger partial charge on any atom is 0.207 e. The maximum absolute atomic E-state index is 6.74. The van der Waals surface area contributed by atoms with Crippen LogP contribution in [-0.4, -0.2) is 24.4 Å². The molecule has 2 aliphatic heterocycles. The van der Waals surface area contributed by atoms with E-state index in [2.05, 4.69) is 149 Å². The average Bonchev–Trinajstić information content (AvgIpc) is 3.61. The van der Waals surface area contributed by atoms with E-state index in [0.717, 1.165) is 54.8 Å². The van der Waals surface area contributed by atoms with Gasteiger partial charge in [-0.2, -0.15) is 0 Å². The lowest BCUT2D eigenvalue weighted by atomic mass is 9.88. The molecule has 6 aromatic carbocycles. The number of fused-ring (bicyclic) bond motifs is 2. The van der Waals surface area contributed by atoms with Gasteiger partial charge in [-0.15, -0.1) is 0 Å². The van der Waals surface area contributed by atoms with Crippen molar-refractivity contribution in [2.45, 2.75) is 52.1 Å². The van der Waals surface area contributed by atoms with E-state index in [9.17, 15) is 0 Å². The molecule has 230 valence electrons. The van der Waals surface area contributed by atoms with Crippen LogP contribution in [0.25, 0.3) is 54.9 Å². The lowest BCUT2D eigenvalue weighted by molar-refractivity contribution is 0.187. The highest BCUT2D eigenvalue weighted by molar-refractivity contribution is 7.58. The van der Waals surface area contributed by atoms with E-state index in [1.165, 1.54) is 10.8 Å². The summed E-state index contributed by atoms with van der Waals surface area (Å²) in [6.07, 6.45) is -0.0796. The molecule has 0 radical (unpaired) electrons. The van der Waals surface area contributed by atoms with E-state index in [0.29, 0.717) is 0 Å². The standard InChI is InChI=1S/C40H36O4P2/c1-25-26(2)42-45(41-25)39-35(29-15-7-5-8-16-29)23-31-19-11-13-21-33(31)37(39)38-34-22-14-12-20-32(34)24-36(30-17-9-6-10-18-30)40(38)46-43-27(3)28(4)44-46/h5-28H,1-4H3. The largest absolute Gasteiger partial charge is 0.325 e. The summed E-state index contributed by atoms with van der Waals surface area (Å²) in [5.41, 5.74) is 6.80. The zero-order chi connectivity index (χ0) is 31.4. The van der Waals surface area contributed by atoms with Crippen LogP contribution >= 0.6 is 16.8 Å². The van der Waals surface area contributed by atoms with Gasteiger partial charge < -0.3 is 18.1 Å². The molecule has 0 bridgehead atoms. The van der Waals surface area contributed by atoms with Crippen LogP contribution in [0.4, 0.5) is 0 Å². The van der Waals surface area contributed by atoms with E-state index >= 15 is 0 Å². The Morgan fingerprint density at radius 2 is 0.739 bits per heavy atom. The summed E-state index contributed by atoms with van der Waals surface area (Å²) in [6.45, 7) is 8.44. The highest BCUT2D eigenvalue weighted by atomic mass is 31.2. The number of benzene rings is 6. The predicted molar refractivity (Wildman–Crippen MR) is 193 cm³/mol. The third-order valence-electron chi connectivity index (χ3n) is 9.20. The molecule has 0 aliphatic carbocycles. The number of hydrogen-bond acceptors (Lipinski definition) is 4. The van der Waals surface area contributed by atoms with Gasteiger partial charge in [0.25, 0.3) is 0 Å². The molecule has 2 saturated heterocycles. The predicted octanol–water partition coefficient (Wildman–Crippen LogP) is 10.5. The lowest BCUT2D eigenvalue weighted by Gasteiger charge is -2.27. The van der Waals surface area contributed by atoms with Gasteiger partial charge in [-0.05, 0) is 83.6 Å². The fourth-order valence-corrected chi connectivity index (χ4v) is 10.5. The minimum atomic E-state index is -1.42. The van der Waals surface area contributed by atoms with Gasteiger partial charge in [-0.1, -0.05) is 109 Å². The topological polar surface area (TPSA) is 36.9 Å². The van der Waals surface area contributed by atoms with Gasteiger partial charge in [0, 0.05) is 21.7 Å². The van der Waals surface area contributed by atoms with Crippen LogP contribution in [0.3, 0.4) is 0 Å². The maximum atomic E-state index is 6.74. The average molecular weight is 643 g/mol. The Hall–Kier alpha value is -3.46. The molecule has 0 aromatic heterocycles. The van der Waals surface area contributed by atoms with Gasteiger partial charge in [0.1, 0.15) is 0 Å². The molecular weight excluding hydrogens is 606 g/mol. The first-order valence-corrected chi connectivity index (χ1v) is 18.3. The quantitative estimate of drug-likeness (QED) is 0.175. The molecule has 2 heterocycles. The normalized spacial score (nSPS) is 24.6. The Morgan fingerprint density at radius 1 is 0.413 bits per heavy atom. The first-order valence-electron chi connectivity index (χ1n) is 16.0. The number of hydrogen-bond donors (Lipinski definition) is 0. The second-order valence-corrected chi connectivity index (χ2v) is 15.0. The fourth-order valence-electron chi connectivity index (χ4n) is 6.44. The molecule has 0 spiro atoms. The first-order chi connectivity index (χ1) is 22.5. The third-order valence-corrected chi connectivity index (χ3v) is 13.0. The Bertz CT molecular complexity index is 1880. The minimum Gasteiger partial charge on any atom is -0.325 e. The van der Waals surface area contributed by atoms with Crippen molar-refractivity contribution in [2.75, 3.05) is 0 Å². The molecule has 6 heteroatoms. The van der Waals surface area contributed by atoms with Gasteiger partial charge in [0.05, 0.1) is 24.4 Å². The van der Waals surface area contributed by atoms with Crippen LogP contribution in [0, 0.1) is 0 Å². The van der Waals surface area contributed by atoms with Crippen molar-refractivity contribution >= 4 is 48.9 Å². The molecule has 4 nitrogen and oxygen atoms in total. The van der Waals surface area contributed by atoms with Gasteiger partial charge >= 0.3 is 0 Å². The molecular formula is C40H36O4P2. The summed E-state index contributed by atoms with van der Waals surface area (Å²) < 4.78 is 27.0. The Labute approximate surface area is 273 Å². The van der Waals surface area contributed by atoms with Gasteiger partial charge in [0.15, 0.2) is 0 Å². The zero-order valence-electron chi connectivity index (χ0n) is 26.4. The van der Waals surface area contributed by atoms with Gasteiger partial charge in [-0.25, -0.2) is 0 Å². The Morgan fingerprint density at radius 3 is 1.11 bits per heavy atom. The molecule has 8 rings (SSSR count). The van der Waals surface area contributed by atoms with Crippen LogP contribution in [0.2, 0.25) is 0 Å². The molecule has 0 N–H and O–H groups in total. The molecule has 4 unspecified atom stereocenters. The summed E-state index contributed by atoms with van der Waals surface area (Å²) in [4.78, 5) is 0. The third kappa shape index (κ3) is 5.19. The molecule has 0 amide bonds. The van der Waals surface area contributed by atoms with Crippen molar-refractivity contribution in [2.24, 2.45) is 0 Å². The zero-order valence-corrected chi connectivity index (χ0v) is 28.2. The SMILES string of the molecule is CC1OP(c2c(-c3ccccc3)cc3ccccc3c2-c2c(P3OC(C)C(C)O3)c(-c3ccccc3)cc3ccccc23)OC1C. The number of rotatable bonds is 5. The minimum absolute atomic E-state index is 0.0199. The summed E-state index contributed by atoms with van der Waals surface area (Å²) in [6, 6.07) is 43.3. The van der Waals surface area contributed by atoms with E-state index in [-0.39, 0.29) is 24.4 Å². The summed E-state index contributed by atoms with van der Waals surface area (Å²) >= 11 is 0. The van der Waals surface area contributed by atoms with Crippen molar-refractivity contribution in [3.8, 4) is 33.4 Å². The second-order valence-electron chi connectivity index (χ2n) is 12.2. The van der Waals surface area contributed by atoms with Crippen LogP contribution in [-0.2, 0) is 18.1 Å². The molecule has 6 aromatic rings. The lowest BCUT2D eigenvalue weighted by Crippen LogP contribution is -2.18. The van der Waals surface area contributed by atoms with E-state index in [1.807, 2.05) is 0 Å². The Kier molecular flexibility index (Phi) is 7.99. The molecule has 4 atom stereocenters. The van der Waals surface area contributed by atoms with E-state index in [4.69, 9.17) is 18.1 Å². The second kappa shape index (κ2) is 12.3. The van der Waals surface area contributed by atoms with Crippen molar-refractivity contribution < 1.29 is 18.1 Å². The molecule has 2 aliphatic rings. The van der Waals surface area contributed by atoms with Crippen LogP contribution in [0.15, 0.2) is 121 Å².